The van der Waals surface area contributed by atoms with Gasteiger partial charge in [-0.2, -0.15) is 0 Å². The van der Waals surface area contributed by atoms with Crippen LogP contribution in [-0.4, -0.2) is 41.7 Å². The number of carbonyl (C=O) groups excluding carboxylic acids is 3. The molecule has 7 heteroatoms. The quantitative estimate of drug-likeness (QED) is 0.147. The smallest absolute Gasteiger partial charge is 0.296 e. The minimum atomic E-state index is -1.19. The fourth-order valence-electron chi connectivity index (χ4n) is 1.19. The molecule has 1 unspecified atom stereocenters. The van der Waals surface area contributed by atoms with Gasteiger partial charge in [0.25, 0.3) is 11.8 Å². The number of hydrazine groups is 1. The van der Waals surface area contributed by atoms with E-state index < -0.39 is 23.6 Å². The standard InChI is InChI=1S/C7H12N4O3/c8-2-1-3-11(9)4-5(12)7(14)10-6(4)13/h4H,1-3,8-9H2,(H,10,13,14). The molecule has 1 fully saturated rings. The van der Waals surface area contributed by atoms with E-state index in [1.807, 2.05) is 5.32 Å². The first-order valence-electron chi connectivity index (χ1n) is 4.18. The molecule has 78 valence electrons. The highest BCUT2D eigenvalue weighted by Crippen LogP contribution is 2.03. The van der Waals surface area contributed by atoms with E-state index in [9.17, 15) is 14.4 Å². The highest BCUT2D eigenvalue weighted by atomic mass is 16.2. The maximum Gasteiger partial charge on any atom is 0.296 e. The van der Waals surface area contributed by atoms with E-state index in [4.69, 9.17) is 11.6 Å². The van der Waals surface area contributed by atoms with Gasteiger partial charge in [-0.05, 0) is 13.0 Å². The molecule has 0 aromatic heterocycles. The van der Waals surface area contributed by atoms with E-state index in [0.29, 0.717) is 19.5 Å². The number of nitrogens with one attached hydrogen (secondary N) is 1. The molecule has 1 saturated heterocycles. The zero-order valence-electron chi connectivity index (χ0n) is 7.53. The summed E-state index contributed by atoms with van der Waals surface area (Å²) in [5, 5.41) is 2.93. The van der Waals surface area contributed by atoms with Crippen molar-refractivity contribution in [2.45, 2.75) is 12.5 Å². The van der Waals surface area contributed by atoms with Crippen molar-refractivity contribution in [2.24, 2.45) is 11.6 Å². The van der Waals surface area contributed by atoms with Gasteiger partial charge in [0.1, 0.15) is 0 Å². The Morgan fingerprint density at radius 2 is 2.00 bits per heavy atom. The Bertz CT molecular complexity index is 278. The van der Waals surface area contributed by atoms with Crippen molar-refractivity contribution in [3.63, 3.8) is 0 Å². The highest BCUT2D eigenvalue weighted by Gasteiger charge is 2.42. The summed E-state index contributed by atoms with van der Waals surface area (Å²) >= 11 is 0. The van der Waals surface area contributed by atoms with Gasteiger partial charge in [-0.25, -0.2) is 5.01 Å². The topological polar surface area (TPSA) is 119 Å². The van der Waals surface area contributed by atoms with E-state index in [0.717, 1.165) is 5.01 Å². The minimum absolute atomic E-state index is 0.299. The first-order chi connectivity index (χ1) is 6.57. The number of carbonyl (C=O) groups is 3. The Labute approximate surface area is 80.4 Å². The van der Waals surface area contributed by atoms with Crippen molar-refractivity contribution in [3.05, 3.63) is 0 Å². The molecule has 0 bridgehead atoms. The second kappa shape index (κ2) is 4.27. The van der Waals surface area contributed by atoms with Crippen molar-refractivity contribution >= 4 is 17.6 Å². The predicted molar refractivity (Wildman–Crippen MR) is 46.5 cm³/mol. The minimum Gasteiger partial charge on any atom is -0.330 e. The van der Waals surface area contributed by atoms with Crippen LogP contribution in [0.2, 0.25) is 0 Å². The number of amides is 2. The lowest BCUT2D eigenvalue weighted by Gasteiger charge is -2.18. The number of rotatable bonds is 4. The highest BCUT2D eigenvalue weighted by molar-refractivity contribution is 6.49. The van der Waals surface area contributed by atoms with Crippen molar-refractivity contribution in [2.75, 3.05) is 13.1 Å². The molecule has 0 saturated carbocycles. The monoisotopic (exact) mass is 200 g/mol. The SMILES string of the molecule is NCCCN(N)C1C(=O)NC(=O)C1=O. The van der Waals surface area contributed by atoms with Crippen LogP contribution < -0.4 is 16.9 Å². The van der Waals surface area contributed by atoms with Crippen LogP contribution in [-0.2, 0) is 14.4 Å². The molecule has 0 radical (unpaired) electrons. The molecule has 1 aliphatic heterocycles. The lowest BCUT2D eigenvalue weighted by Crippen LogP contribution is -2.49. The van der Waals surface area contributed by atoms with Crippen LogP contribution in [0.3, 0.4) is 0 Å². The first-order valence-corrected chi connectivity index (χ1v) is 4.18. The van der Waals surface area contributed by atoms with Gasteiger partial charge in [0.2, 0.25) is 5.78 Å². The van der Waals surface area contributed by atoms with E-state index in [2.05, 4.69) is 0 Å². The Morgan fingerprint density at radius 1 is 1.36 bits per heavy atom. The van der Waals surface area contributed by atoms with Crippen LogP contribution in [0.4, 0.5) is 0 Å². The summed E-state index contributed by atoms with van der Waals surface area (Å²) in [6.45, 7) is 0.706. The molecular weight excluding hydrogens is 188 g/mol. The Balaban J connectivity index is 2.62. The van der Waals surface area contributed by atoms with E-state index in [-0.39, 0.29) is 0 Å². The maximum absolute atomic E-state index is 11.1. The summed E-state index contributed by atoms with van der Waals surface area (Å²) in [6.07, 6.45) is 0.557. The largest absolute Gasteiger partial charge is 0.330 e. The second-order valence-electron chi connectivity index (χ2n) is 2.97. The zero-order valence-corrected chi connectivity index (χ0v) is 7.53. The van der Waals surface area contributed by atoms with Gasteiger partial charge < -0.3 is 5.73 Å². The fourth-order valence-corrected chi connectivity index (χ4v) is 1.19. The molecule has 5 N–H and O–H groups in total. The number of Topliss-reactive ketones (excluding diaryl/α,β-unsaturated/α-hetero) is 1. The van der Waals surface area contributed by atoms with Crippen LogP contribution in [0.1, 0.15) is 6.42 Å². The number of nitrogens with zero attached hydrogens (tertiary/aromatic N) is 1. The van der Waals surface area contributed by atoms with Crippen molar-refractivity contribution < 1.29 is 14.4 Å². The molecule has 1 atom stereocenters. The first kappa shape index (κ1) is 10.8. The average Bonchev–Trinajstić information content (AvgIpc) is 2.38. The summed E-state index contributed by atoms with van der Waals surface area (Å²) in [5.41, 5.74) is 5.24. The molecule has 7 nitrogen and oxygen atoms in total. The predicted octanol–water partition coefficient (Wildman–Crippen LogP) is -2.89. The third-order valence-electron chi connectivity index (χ3n) is 1.91. The number of imide groups is 1. The van der Waals surface area contributed by atoms with E-state index in [1.165, 1.54) is 0 Å². The van der Waals surface area contributed by atoms with Gasteiger partial charge in [-0.15, -0.1) is 0 Å². The number of nitrogens with two attached hydrogens (primary N) is 2. The number of hydrogen-bond donors (Lipinski definition) is 3. The normalized spacial score (nSPS) is 21.9. The van der Waals surface area contributed by atoms with Crippen LogP contribution in [0, 0.1) is 0 Å². The summed E-state index contributed by atoms with van der Waals surface area (Å²) in [7, 11) is 0. The molecule has 0 aromatic rings. The van der Waals surface area contributed by atoms with Crippen LogP contribution in [0.15, 0.2) is 0 Å². The van der Waals surface area contributed by atoms with E-state index >= 15 is 0 Å². The van der Waals surface area contributed by atoms with Crippen molar-refractivity contribution in [1.82, 2.24) is 10.3 Å². The molecule has 0 aliphatic carbocycles. The summed E-state index contributed by atoms with van der Waals surface area (Å²) in [6, 6.07) is -1.19. The van der Waals surface area contributed by atoms with Crippen LogP contribution in [0.25, 0.3) is 0 Å². The summed E-state index contributed by atoms with van der Waals surface area (Å²) in [4.78, 5) is 33.0. The third kappa shape index (κ3) is 1.95. The molecule has 14 heavy (non-hydrogen) atoms. The van der Waals surface area contributed by atoms with Gasteiger partial charge in [0.15, 0.2) is 6.04 Å². The molecule has 1 aliphatic rings. The van der Waals surface area contributed by atoms with Crippen LogP contribution in [0.5, 0.6) is 0 Å². The van der Waals surface area contributed by atoms with Crippen LogP contribution >= 0.6 is 0 Å². The van der Waals surface area contributed by atoms with Gasteiger partial charge in [-0.1, -0.05) is 0 Å². The second-order valence-corrected chi connectivity index (χ2v) is 2.97. The molecule has 0 aromatic carbocycles. The summed E-state index contributed by atoms with van der Waals surface area (Å²) in [5.74, 6) is 3.07. The van der Waals surface area contributed by atoms with Crippen molar-refractivity contribution in [1.29, 1.82) is 0 Å². The maximum atomic E-state index is 11.1. The molecule has 1 heterocycles. The van der Waals surface area contributed by atoms with Gasteiger partial charge in [0, 0.05) is 6.54 Å². The van der Waals surface area contributed by atoms with Gasteiger partial charge in [-0.3, -0.25) is 25.5 Å². The summed E-state index contributed by atoms with van der Waals surface area (Å²) < 4.78 is 0. The number of hydrogen-bond acceptors (Lipinski definition) is 6. The lowest BCUT2D eigenvalue weighted by atomic mass is 10.2. The Morgan fingerprint density at radius 3 is 2.43 bits per heavy atom. The molecule has 0 spiro atoms. The lowest BCUT2D eigenvalue weighted by molar-refractivity contribution is -0.137. The Kier molecular flexibility index (Phi) is 3.28. The Hall–Kier alpha value is -1.31. The molecule has 1 rings (SSSR count). The van der Waals surface area contributed by atoms with Gasteiger partial charge >= 0.3 is 0 Å². The average molecular weight is 200 g/mol. The molecule has 2 amide bonds. The van der Waals surface area contributed by atoms with E-state index in [1.54, 1.807) is 0 Å². The third-order valence-corrected chi connectivity index (χ3v) is 1.91. The molecular formula is C7H12N4O3. The van der Waals surface area contributed by atoms with Gasteiger partial charge in [0.05, 0.1) is 0 Å². The fraction of sp³-hybridized carbons (Fsp3) is 0.571. The zero-order chi connectivity index (χ0) is 10.7. The van der Waals surface area contributed by atoms with Crippen molar-refractivity contribution in [3.8, 4) is 0 Å². The number of ketones is 1.